The van der Waals surface area contributed by atoms with Gasteiger partial charge in [0.1, 0.15) is 0 Å². The Labute approximate surface area is 191 Å². The first-order valence-corrected chi connectivity index (χ1v) is 11.0. The van der Waals surface area contributed by atoms with Gasteiger partial charge in [0.05, 0.1) is 11.4 Å². The van der Waals surface area contributed by atoms with Crippen LogP contribution < -0.4 is 5.32 Å². The number of anilines is 1. The Kier molecular flexibility index (Phi) is 6.74. The molecule has 2 heterocycles. The lowest BCUT2D eigenvalue weighted by molar-refractivity contribution is -0.113. The van der Waals surface area contributed by atoms with Gasteiger partial charge in [-0.2, -0.15) is 0 Å². The molecule has 4 aromatic rings. The summed E-state index contributed by atoms with van der Waals surface area (Å²) in [5.41, 5.74) is 2.32. The zero-order chi connectivity index (χ0) is 23.4. The molecule has 1 N–H and O–H groups in total. The number of halogens is 3. The molecule has 0 atom stereocenters. The van der Waals surface area contributed by atoms with E-state index in [4.69, 9.17) is 0 Å². The summed E-state index contributed by atoms with van der Waals surface area (Å²) in [6, 6.07) is 13.2. The first-order chi connectivity index (χ1) is 16.0. The van der Waals surface area contributed by atoms with Gasteiger partial charge < -0.3 is 5.32 Å². The van der Waals surface area contributed by atoms with Crippen LogP contribution in [0.5, 0.6) is 0 Å². The second-order valence-corrected chi connectivity index (χ2v) is 7.90. The maximum Gasteiger partial charge on any atom is 0.234 e. The van der Waals surface area contributed by atoms with E-state index in [2.05, 4.69) is 27.4 Å². The minimum absolute atomic E-state index is 0.153. The van der Waals surface area contributed by atoms with Gasteiger partial charge in [0, 0.05) is 23.6 Å². The van der Waals surface area contributed by atoms with Gasteiger partial charge in [0.2, 0.25) is 5.91 Å². The summed E-state index contributed by atoms with van der Waals surface area (Å²) < 4.78 is 42.2. The molecule has 0 spiro atoms. The van der Waals surface area contributed by atoms with Crippen LogP contribution in [0.25, 0.3) is 17.1 Å². The van der Waals surface area contributed by atoms with Crippen molar-refractivity contribution >= 4 is 23.4 Å². The van der Waals surface area contributed by atoms with Gasteiger partial charge in [-0.25, -0.2) is 13.2 Å². The molecule has 10 heteroatoms. The zero-order valence-corrected chi connectivity index (χ0v) is 18.2. The number of nitrogens with zero attached hydrogens (tertiary/aromatic N) is 4. The predicted octanol–water partition coefficient (Wildman–Crippen LogP) is 5.04. The van der Waals surface area contributed by atoms with Gasteiger partial charge in [-0.15, -0.1) is 10.2 Å². The van der Waals surface area contributed by atoms with Crippen molar-refractivity contribution in [3.63, 3.8) is 0 Å². The Balaban J connectivity index is 1.59. The molecule has 0 bridgehead atoms. The molecule has 0 aliphatic heterocycles. The SMILES string of the molecule is CCc1ccc(-n2c(SCC(=O)Nc3ccc(F)c(F)c3F)nnc2-c2ccncc2)cc1. The number of pyridine rings is 1. The second-order valence-electron chi connectivity index (χ2n) is 6.96. The first kappa shape index (κ1) is 22.5. The molecule has 0 radical (unpaired) electrons. The van der Waals surface area contributed by atoms with Crippen molar-refractivity contribution in [3.8, 4) is 17.1 Å². The van der Waals surface area contributed by atoms with Gasteiger partial charge in [-0.3, -0.25) is 14.3 Å². The highest BCUT2D eigenvalue weighted by Crippen LogP contribution is 2.28. The Morgan fingerprint density at radius 1 is 0.970 bits per heavy atom. The Bertz CT molecular complexity index is 1280. The summed E-state index contributed by atoms with van der Waals surface area (Å²) >= 11 is 1.08. The number of carbonyl (C=O) groups excluding carboxylic acids is 1. The van der Waals surface area contributed by atoms with E-state index in [1.54, 1.807) is 24.5 Å². The molecular weight excluding hydrogens is 451 g/mol. The van der Waals surface area contributed by atoms with Gasteiger partial charge in [-0.1, -0.05) is 30.8 Å². The number of thioether (sulfide) groups is 1. The molecule has 6 nitrogen and oxygen atoms in total. The minimum Gasteiger partial charge on any atom is -0.323 e. The summed E-state index contributed by atoms with van der Waals surface area (Å²) in [6.45, 7) is 2.06. The third kappa shape index (κ3) is 4.90. The van der Waals surface area contributed by atoms with Gasteiger partial charge >= 0.3 is 0 Å². The van der Waals surface area contributed by atoms with E-state index in [1.807, 2.05) is 28.8 Å². The molecule has 0 fully saturated rings. The van der Waals surface area contributed by atoms with Crippen LogP contribution in [0, 0.1) is 17.5 Å². The van der Waals surface area contributed by atoms with Gasteiger partial charge in [-0.05, 0) is 48.4 Å². The number of hydrogen-bond acceptors (Lipinski definition) is 5. The highest BCUT2D eigenvalue weighted by molar-refractivity contribution is 7.99. The Hall–Kier alpha value is -3.66. The number of carbonyl (C=O) groups is 1. The van der Waals surface area contributed by atoms with Crippen LogP contribution in [0.1, 0.15) is 12.5 Å². The Morgan fingerprint density at radius 3 is 2.39 bits per heavy atom. The van der Waals surface area contributed by atoms with Crippen molar-refractivity contribution in [3.05, 3.63) is 83.9 Å². The molecule has 2 aromatic carbocycles. The summed E-state index contributed by atoms with van der Waals surface area (Å²) in [7, 11) is 0. The standard InChI is InChI=1S/C23H18F3N5OS/c1-2-14-3-5-16(6-4-14)31-22(15-9-11-27-12-10-15)29-30-23(31)33-13-19(32)28-18-8-7-17(24)20(25)21(18)26/h3-12H,2,13H2,1H3,(H,28,32). The summed E-state index contributed by atoms with van der Waals surface area (Å²) in [5, 5.41) is 11.2. The summed E-state index contributed by atoms with van der Waals surface area (Å²) in [6.07, 6.45) is 4.18. The molecule has 168 valence electrons. The van der Waals surface area contributed by atoms with E-state index in [9.17, 15) is 18.0 Å². The number of hydrogen-bond donors (Lipinski definition) is 1. The van der Waals surface area contributed by atoms with Crippen LogP contribution >= 0.6 is 11.8 Å². The second kappa shape index (κ2) is 9.86. The largest absolute Gasteiger partial charge is 0.323 e. The first-order valence-electron chi connectivity index (χ1n) is 9.99. The molecule has 0 unspecified atom stereocenters. The van der Waals surface area contributed by atoms with Crippen LogP contribution in [0.3, 0.4) is 0 Å². The van der Waals surface area contributed by atoms with E-state index >= 15 is 0 Å². The third-order valence-electron chi connectivity index (χ3n) is 4.82. The molecule has 0 saturated carbocycles. The highest BCUT2D eigenvalue weighted by Gasteiger charge is 2.19. The molecule has 1 amide bonds. The molecule has 33 heavy (non-hydrogen) atoms. The van der Waals surface area contributed by atoms with Crippen molar-refractivity contribution in [2.24, 2.45) is 0 Å². The lowest BCUT2D eigenvalue weighted by Gasteiger charge is -2.11. The predicted molar refractivity (Wildman–Crippen MR) is 120 cm³/mol. The van der Waals surface area contributed by atoms with Crippen molar-refractivity contribution in [1.82, 2.24) is 19.7 Å². The molecule has 2 aromatic heterocycles. The van der Waals surface area contributed by atoms with Crippen LogP contribution in [0.2, 0.25) is 0 Å². The zero-order valence-electron chi connectivity index (χ0n) is 17.4. The topological polar surface area (TPSA) is 72.7 Å². The fourth-order valence-electron chi connectivity index (χ4n) is 3.10. The normalized spacial score (nSPS) is 10.9. The van der Waals surface area contributed by atoms with Crippen LogP contribution in [0.15, 0.2) is 66.1 Å². The Morgan fingerprint density at radius 2 is 1.70 bits per heavy atom. The lowest BCUT2D eigenvalue weighted by Crippen LogP contribution is -2.16. The lowest BCUT2D eigenvalue weighted by atomic mass is 10.1. The van der Waals surface area contributed by atoms with E-state index in [-0.39, 0.29) is 5.75 Å². The van der Waals surface area contributed by atoms with Crippen LogP contribution in [-0.2, 0) is 11.2 Å². The smallest absolute Gasteiger partial charge is 0.234 e. The average Bonchev–Trinajstić information content (AvgIpc) is 3.27. The quantitative estimate of drug-likeness (QED) is 0.303. The van der Waals surface area contributed by atoms with Crippen LogP contribution in [0.4, 0.5) is 18.9 Å². The van der Waals surface area contributed by atoms with Crippen molar-refractivity contribution in [2.75, 3.05) is 11.1 Å². The van der Waals surface area contributed by atoms with Crippen LogP contribution in [-0.4, -0.2) is 31.4 Å². The average molecular weight is 469 g/mol. The maximum absolute atomic E-state index is 13.9. The number of amides is 1. The van der Waals surface area contributed by atoms with Gasteiger partial charge in [0.15, 0.2) is 28.4 Å². The molecule has 0 aliphatic rings. The summed E-state index contributed by atoms with van der Waals surface area (Å²) in [5.74, 6) is -4.61. The van der Waals surface area contributed by atoms with E-state index in [0.717, 1.165) is 41.6 Å². The summed E-state index contributed by atoms with van der Waals surface area (Å²) in [4.78, 5) is 16.4. The maximum atomic E-state index is 13.9. The molecule has 0 saturated heterocycles. The van der Waals surface area contributed by atoms with E-state index in [1.165, 1.54) is 5.56 Å². The fourth-order valence-corrected chi connectivity index (χ4v) is 3.86. The molecule has 0 aliphatic carbocycles. The highest BCUT2D eigenvalue weighted by atomic mass is 32.2. The fraction of sp³-hybridized carbons (Fsp3) is 0.130. The number of rotatable bonds is 7. The van der Waals surface area contributed by atoms with Crippen molar-refractivity contribution in [1.29, 1.82) is 0 Å². The van der Waals surface area contributed by atoms with Crippen molar-refractivity contribution in [2.45, 2.75) is 18.5 Å². The number of aryl methyl sites for hydroxylation is 1. The molecule has 4 rings (SSSR count). The third-order valence-corrected chi connectivity index (χ3v) is 5.75. The minimum atomic E-state index is -1.64. The van der Waals surface area contributed by atoms with Gasteiger partial charge in [0.25, 0.3) is 0 Å². The molecular formula is C23H18F3N5OS. The number of nitrogens with one attached hydrogen (secondary N) is 1. The number of aromatic nitrogens is 4. The monoisotopic (exact) mass is 469 g/mol. The van der Waals surface area contributed by atoms with Crippen molar-refractivity contribution < 1.29 is 18.0 Å². The van der Waals surface area contributed by atoms with E-state index < -0.39 is 29.0 Å². The number of benzene rings is 2. The van der Waals surface area contributed by atoms with E-state index in [0.29, 0.717) is 11.0 Å².